The monoisotopic (exact) mass is 690 g/mol. The zero-order valence-corrected chi connectivity index (χ0v) is 31.0. The maximum atomic E-state index is 13.3. The SMILES string of the molecule is CCCCCCCC(CC)P(=O)(O)OCC(O)COCCOCCOCCOCCOP(=O)(OCCCC)C(C)CCCCC. The molecule has 0 fully saturated rings. The van der Waals surface area contributed by atoms with Crippen molar-refractivity contribution in [3.63, 3.8) is 0 Å². The van der Waals surface area contributed by atoms with Crippen LogP contribution in [0.4, 0.5) is 0 Å². The lowest BCUT2D eigenvalue weighted by Crippen LogP contribution is -2.24. The molecule has 45 heavy (non-hydrogen) atoms. The van der Waals surface area contributed by atoms with Crippen LogP contribution < -0.4 is 0 Å². The summed E-state index contributed by atoms with van der Waals surface area (Å²) in [6.45, 7) is 13.1. The van der Waals surface area contributed by atoms with Gasteiger partial charge in [-0.1, -0.05) is 92.4 Å². The molecule has 2 N–H and O–H groups in total. The number of unbranched alkanes of at least 4 members (excludes halogenated alkanes) is 7. The Morgan fingerprint density at radius 3 is 1.62 bits per heavy atom. The highest BCUT2D eigenvalue weighted by Crippen LogP contribution is 2.54. The third kappa shape index (κ3) is 24.8. The first-order valence-electron chi connectivity index (χ1n) is 17.5. The van der Waals surface area contributed by atoms with E-state index in [1.54, 1.807) is 0 Å². The van der Waals surface area contributed by atoms with Crippen LogP contribution in [0, 0.1) is 0 Å². The Morgan fingerprint density at radius 1 is 0.556 bits per heavy atom. The van der Waals surface area contributed by atoms with Crippen LogP contribution >= 0.6 is 15.2 Å². The van der Waals surface area contributed by atoms with Crippen molar-refractivity contribution >= 4 is 15.2 Å². The van der Waals surface area contributed by atoms with Crippen molar-refractivity contribution in [1.29, 1.82) is 0 Å². The maximum Gasteiger partial charge on any atom is 0.333 e. The molecule has 11 nitrogen and oxygen atoms in total. The zero-order valence-electron chi connectivity index (χ0n) is 29.2. The van der Waals surface area contributed by atoms with E-state index in [9.17, 15) is 19.1 Å². The van der Waals surface area contributed by atoms with E-state index in [1.165, 1.54) is 6.42 Å². The van der Waals surface area contributed by atoms with Gasteiger partial charge in [-0.15, -0.1) is 0 Å². The molecular weight excluding hydrogens is 622 g/mol. The Bertz CT molecular complexity index is 744. The fourth-order valence-corrected chi connectivity index (χ4v) is 7.87. The number of rotatable bonds is 35. The Labute approximate surface area is 274 Å². The third-order valence-corrected chi connectivity index (χ3v) is 12.0. The van der Waals surface area contributed by atoms with Crippen LogP contribution in [0.2, 0.25) is 0 Å². The lowest BCUT2D eigenvalue weighted by atomic mass is 10.1. The largest absolute Gasteiger partial charge is 0.388 e. The summed E-state index contributed by atoms with van der Waals surface area (Å²) in [5, 5.41) is 10.1. The Kier molecular flexibility index (Phi) is 30.2. The summed E-state index contributed by atoms with van der Waals surface area (Å²) in [4.78, 5) is 10.3. The lowest BCUT2D eigenvalue weighted by molar-refractivity contribution is -0.0260. The summed E-state index contributed by atoms with van der Waals surface area (Å²) in [6, 6.07) is 0. The fraction of sp³-hybridized carbons (Fsp3) is 1.00. The highest BCUT2D eigenvalue weighted by Gasteiger charge is 2.32. The average Bonchev–Trinajstić information content (AvgIpc) is 3.02. The maximum absolute atomic E-state index is 13.3. The molecule has 0 aromatic heterocycles. The summed E-state index contributed by atoms with van der Waals surface area (Å²) in [5.41, 5.74) is -0.536. The molecule has 5 atom stereocenters. The van der Waals surface area contributed by atoms with Gasteiger partial charge in [0.2, 0.25) is 0 Å². The highest BCUT2D eigenvalue weighted by molar-refractivity contribution is 7.54. The predicted octanol–water partition coefficient (Wildman–Crippen LogP) is 7.75. The molecule has 5 unspecified atom stereocenters. The molecule has 0 saturated heterocycles. The molecule has 0 amide bonds. The lowest BCUT2D eigenvalue weighted by Gasteiger charge is -2.24. The molecule has 0 spiro atoms. The van der Waals surface area contributed by atoms with Gasteiger partial charge in [0, 0.05) is 0 Å². The molecule has 13 heteroatoms. The summed E-state index contributed by atoms with van der Waals surface area (Å²) in [7, 11) is -6.96. The van der Waals surface area contributed by atoms with Crippen molar-refractivity contribution in [3.05, 3.63) is 0 Å². The Morgan fingerprint density at radius 2 is 1.04 bits per heavy atom. The smallest absolute Gasteiger partial charge is 0.333 e. The van der Waals surface area contributed by atoms with Crippen LogP contribution in [-0.2, 0) is 41.6 Å². The number of ether oxygens (including phenoxy) is 4. The van der Waals surface area contributed by atoms with E-state index in [0.29, 0.717) is 59.1 Å². The van der Waals surface area contributed by atoms with E-state index < -0.39 is 27.0 Å². The van der Waals surface area contributed by atoms with Gasteiger partial charge in [-0.2, -0.15) is 0 Å². The molecule has 0 aliphatic rings. The van der Waals surface area contributed by atoms with Crippen LogP contribution in [0.25, 0.3) is 0 Å². The minimum Gasteiger partial charge on any atom is -0.388 e. The zero-order chi connectivity index (χ0) is 33.7. The highest BCUT2D eigenvalue weighted by atomic mass is 31.2. The minimum absolute atomic E-state index is 0.00713. The van der Waals surface area contributed by atoms with Crippen molar-refractivity contribution in [3.8, 4) is 0 Å². The van der Waals surface area contributed by atoms with Crippen LogP contribution in [0.1, 0.15) is 118 Å². The van der Waals surface area contributed by atoms with E-state index in [1.807, 2.05) is 13.8 Å². The topological polar surface area (TPSA) is 139 Å². The van der Waals surface area contributed by atoms with Gasteiger partial charge in [-0.3, -0.25) is 9.13 Å². The summed E-state index contributed by atoms with van der Waals surface area (Å²) < 4.78 is 64.5. The molecule has 0 aliphatic heterocycles. The predicted molar refractivity (Wildman–Crippen MR) is 181 cm³/mol. The van der Waals surface area contributed by atoms with Gasteiger partial charge in [0.15, 0.2) is 0 Å². The molecule has 0 rings (SSSR count). The van der Waals surface area contributed by atoms with Gasteiger partial charge < -0.3 is 42.5 Å². The van der Waals surface area contributed by atoms with E-state index in [4.69, 9.17) is 32.5 Å². The standard InChI is InChI=1S/C32H68O11P2/c1-6-10-13-14-16-18-32(9-4)44(34,35)43-29-31(33)28-40-25-24-38-21-20-37-22-23-39-26-27-42-45(36,41-19-12-8-3)30(5)17-15-11-7-2/h30-33H,6-29H2,1-5H3,(H,34,35). The van der Waals surface area contributed by atoms with Crippen LogP contribution in [-0.4, -0.2) is 100 Å². The van der Waals surface area contributed by atoms with Crippen LogP contribution in [0.3, 0.4) is 0 Å². The number of hydrogen-bond acceptors (Lipinski definition) is 10. The van der Waals surface area contributed by atoms with Crippen molar-refractivity contribution in [2.45, 2.75) is 136 Å². The van der Waals surface area contributed by atoms with Gasteiger partial charge in [0.25, 0.3) is 0 Å². The van der Waals surface area contributed by atoms with Gasteiger partial charge in [0.1, 0.15) is 6.10 Å². The van der Waals surface area contributed by atoms with Crippen molar-refractivity contribution < 1.29 is 51.6 Å². The Balaban J connectivity index is 3.86. The minimum atomic E-state index is -3.79. The van der Waals surface area contributed by atoms with E-state index in [-0.39, 0.29) is 32.1 Å². The first kappa shape index (κ1) is 45.1. The average molecular weight is 691 g/mol. The van der Waals surface area contributed by atoms with E-state index >= 15 is 0 Å². The van der Waals surface area contributed by atoms with Crippen molar-refractivity contribution in [2.24, 2.45) is 0 Å². The first-order valence-corrected chi connectivity index (χ1v) is 20.8. The summed E-state index contributed by atoms with van der Waals surface area (Å²) in [6.07, 6.45) is 11.6. The van der Waals surface area contributed by atoms with Gasteiger partial charge >= 0.3 is 15.2 Å². The molecule has 0 aromatic rings. The summed E-state index contributed by atoms with van der Waals surface area (Å²) in [5.74, 6) is 0. The van der Waals surface area contributed by atoms with E-state index in [2.05, 4.69) is 20.8 Å². The first-order chi connectivity index (χ1) is 21.7. The van der Waals surface area contributed by atoms with Gasteiger partial charge in [-0.25, -0.2) is 0 Å². The normalized spacial score (nSPS) is 16.7. The number of hydrogen-bond donors (Lipinski definition) is 2. The molecule has 0 heterocycles. The number of aliphatic hydroxyl groups excluding tert-OH is 1. The molecular formula is C32H68O11P2. The second-order valence-corrected chi connectivity index (χ2v) is 16.2. The molecule has 0 aromatic carbocycles. The fourth-order valence-electron chi connectivity index (χ4n) is 4.51. The van der Waals surface area contributed by atoms with Crippen LogP contribution in [0.5, 0.6) is 0 Å². The quantitative estimate of drug-likeness (QED) is 0.0498. The Hall–Kier alpha value is 0.1000. The van der Waals surface area contributed by atoms with Crippen molar-refractivity contribution in [1.82, 2.24) is 0 Å². The summed E-state index contributed by atoms with van der Waals surface area (Å²) >= 11 is 0. The van der Waals surface area contributed by atoms with Gasteiger partial charge in [0.05, 0.1) is 84.0 Å². The van der Waals surface area contributed by atoms with Crippen LogP contribution in [0.15, 0.2) is 0 Å². The second-order valence-electron chi connectivity index (χ2n) is 11.6. The molecule has 272 valence electrons. The second kappa shape index (κ2) is 30.2. The van der Waals surface area contributed by atoms with E-state index in [0.717, 1.165) is 64.2 Å². The van der Waals surface area contributed by atoms with Gasteiger partial charge in [-0.05, 0) is 25.7 Å². The van der Waals surface area contributed by atoms with Crippen molar-refractivity contribution in [2.75, 3.05) is 72.7 Å². The third-order valence-electron chi connectivity index (χ3n) is 7.49. The molecule has 0 bridgehead atoms. The molecule has 0 aliphatic carbocycles. The number of aliphatic hydroxyl groups is 1. The molecule has 0 radical (unpaired) electrons. The molecule has 0 saturated carbocycles.